The maximum Gasteiger partial charge on any atom is 0.153 e. The van der Waals surface area contributed by atoms with E-state index in [-0.39, 0.29) is 11.0 Å². The zero-order valence-electron chi connectivity index (χ0n) is 11.7. The lowest BCUT2D eigenvalue weighted by Gasteiger charge is -2.19. The molecule has 0 aliphatic carbocycles. The third-order valence-corrected chi connectivity index (χ3v) is 5.08. The molecule has 5 heteroatoms. The van der Waals surface area contributed by atoms with Crippen molar-refractivity contribution < 1.29 is 8.42 Å². The minimum absolute atomic E-state index is 0.241. The summed E-state index contributed by atoms with van der Waals surface area (Å²) in [6.45, 7) is 12.4. The van der Waals surface area contributed by atoms with Gasteiger partial charge in [-0.1, -0.05) is 13.8 Å². The molecule has 0 heterocycles. The van der Waals surface area contributed by atoms with E-state index in [0.29, 0.717) is 6.54 Å². The molecule has 0 rings (SSSR count). The molecule has 0 atom stereocenters. The van der Waals surface area contributed by atoms with E-state index < -0.39 is 9.84 Å². The number of nitrogens with one attached hydrogen (secondary N) is 1. The zero-order valence-corrected chi connectivity index (χ0v) is 12.5. The van der Waals surface area contributed by atoms with E-state index in [2.05, 4.69) is 24.1 Å². The fourth-order valence-electron chi connectivity index (χ4n) is 1.56. The average molecular weight is 264 g/mol. The predicted molar refractivity (Wildman–Crippen MR) is 74.2 cm³/mol. The maximum atomic E-state index is 11.5. The Morgan fingerprint density at radius 1 is 1.12 bits per heavy atom. The first kappa shape index (κ1) is 16.9. The molecule has 0 radical (unpaired) electrons. The van der Waals surface area contributed by atoms with Crippen molar-refractivity contribution in [3.63, 3.8) is 0 Å². The summed E-state index contributed by atoms with van der Waals surface area (Å²) in [5.41, 5.74) is 0. The van der Waals surface area contributed by atoms with Gasteiger partial charge in [-0.15, -0.1) is 0 Å². The Balaban J connectivity index is 3.65. The highest BCUT2D eigenvalue weighted by Gasteiger charge is 2.14. The van der Waals surface area contributed by atoms with E-state index in [9.17, 15) is 8.42 Å². The van der Waals surface area contributed by atoms with Crippen LogP contribution in [0.3, 0.4) is 0 Å². The molecule has 104 valence electrons. The molecule has 0 unspecified atom stereocenters. The number of hydrogen-bond donors (Lipinski definition) is 1. The first-order valence-corrected chi connectivity index (χ1v) is 8.30. The van der Waals surface area contributed by atoms with Crippen LogP contribution < -0.4 is 5.32 Å². The molecule has 0 aromatic carbocycles. The minimum Gasteiger partial charge on any atom is -0.314 e. The van der Waals surface area contributed by atoms with Crippen molar-refractivity contribution in [2.45, 2.75) is 39.4 Å². The van der Waals surface area contributed by atoms with Gasteiger partial charge in [0, 0.05) is 19.6 Å². The lowest BCUT2D eigenvalue weighted by molar-refractivity contribution is 0.289. The lowest BCUT2D eigenvalue weighted by Crippen LogP contribution is -2.35. The van der Waals surface area contributed by atoms with Crippen molar-refractivity contribution in [2.24, 2.45) is 0 Å². The molecule has 0 bridgehead atoms. The first-order chi connectivity index (χ1) is 7.94. The van der Waals surface area contributed by atoms with Gasteiger partial charge in [-0.05, 0) is 33.4 Å². The second-order valence-electron chi connectivity index (χ2n) is 4.60. The van der Waals surface area contributed by atoms with Gasteiger partial charge in [-0.25, -0.2) is 8.42 Å². The molecule has 0 aliphatic rings. The number of sulfone groups is 1. The third-order valence-electron chi connectivity index (χ3n) is 2.87. The smallest absolute Gasteiger partial charge is 0.153 e. The Kier molecular flexibility index (Phi) is 8.82. The molecule has 4 nitrogen and oxygen atoms in total. The van der Waals surface area contributed by atoms with Crippen molar-refractivity contribution in [3.05, 3.63) is 0 Å². The Labute approximate surface area is 107 Å². The molecule has 0 aromatic rings. The Bertz CT molecular complexity index is 276. The van der Waals surface area contributed by atoms with Crippen LogP contribution in [0.15, 0.2) is 0 Å². The van der Waals surface area contributed by atoms with Crippen LogP contribution >= 0.6 is 0 Å². The normalized spacial score (nSPS) is 12.6. The van der Waals surface area contributed by atoms with Crippen molar-refractivity contribution in [1.29, 1.82) is 0 Å². The minimum atomic E-state index is -2.89. The van der Waals surface area contributed by atoms with Crippen molar-refractivity contribution in [2.75, 3.05) is 38.5 Å². The van der Waals surface area contributed by atoms with Crippen LogP contribution in [0.1, 0.15) is 34.1 Å². The second kappa shape index (κ2) is 8.89. The summed E-state index contributed by atoms with van der Waals surface area (Å²) in [4.78, 5) is 2.37. The molecule has 0 fully saturated rings. The molecular formula is C12H28N2O2S. The summed E-state index contributed by atoms with van der Waals surface area (Å²) in [7, 11) is -2.89. The van der Waals surface area contributed by atoms with Gasteiger partial charge in [0.15, 0.2) is 9.84 Å². The van der Waals surface area contributed by atoms with E-state index in [4.69, 9.17) is 0 Å². The van der Waals surface area contributed by atoms with E-state index in [1.54, 1.807) is 13.8 Å². The summed E-state index contributed by atoms with van der Waals surface area (Å²) in [6, 6.07) is 0. The zero-order chi connectivity index (χ0) is 13.3. The van der Waals surface area contributed by atoms with Crippen LogP contribution in [-0.4, -0.2) is 57.0 Å². The average Bonchev–Trinajstić information content (AvgIpc) is 2.26. The summed E-state index contributed by atoms with van der Waals surface area (Å²) < 4.78 is 23.1. The molecule has 0 aromatic heterocycles. The Hall–Kier alpha value is -0.130. The van der Waals surface area contributed by atoms with Gasteiger partial charge >= 0.3 is 0 Å². The lowest BCUT2D eigenvalue weighted by atomic mass is 10.4. The predicted octanol–water partition coefficient (Wildman–Crippen LogP) is 1.13. The monoisotopic (exact) mass is 264 g/mol. The Morgan fingerprint density at radius 3 is 2.24 bits per heavy atom. The van der Waals surface area contributed by atoms with Crippen molar-refractivity contribution in [3.8, 4) is 0 Å². The van der Waals surface area contributed by atoms with E-state index in [0.717, 1.165) is 32.6 Å². The molecule has 0 aliphatic heterocycles. The van der Waals surface area contributed by atoms with Gasteiger partial charge in [-0.2, -0.15) is 0 Å². The summed E-state index contributed by atoms with van der Waals surface area (Å²) in [5.74, 6) is 0.241. The highest BCUT2D eigenvalue weighted by atomic mass is 32.2. The van der Waals surface area contributed by atoms with Gasteiger partial charge in [0.1, 0.15) is 0 Å². The highest BCUT2D eigenvalue weighted by Crippen LogP contribution is 1.98. The van der Waals surface area contributed by atoms with Crippen LogP contribution in [0.5, 0.6) is 0 Å². The Morgan fingerprint density at radius 2 is 1.76 bits per heavy atom. The molecule has 0 saturated carbocycles. The number of hydrogen-bond acceptors (Lipinski definition) is 4. The van der Waals surface area contributed by atoms with Crippen LogP contribution in [0.4, 0.5) is 0 Å². The summed E-state index contributed by atoms with van der Waals surface area (Å²) >= 11 is 0. The van der Waals surface area contributed by atoms with Crippen LogP contribution in [-0.2, 0) is 9.84 Å². The summed E-state index contributed by atoms with van der Waals surface area (Å²) in [5, 5.41) is 2.93. The van der Waals surface area contributed by atoms with Gasteiger partial charge in [0.05, 0.1) is 11.0 Å². The third kappa shape index (κ3) is 7.73. The second-order valence-corrected chi connectivity index (χ2v) is 7.28. The molecular weight excluding hydrogens is 236 g/mol. The molecule has 17 heavy (non-hydrogen) atoms. The highest BCUT2D eigenvalue weighted by molar-refractivity contribution is 7.92. The van der Waals surface area contributed by atoms with Gasteiger partial charge in [0.25, 0.3) is 0 Å². The van der Waals surface area contributed by atoms with Gasteiger partial charge in [-0.3, -0.25) is 0 Å². The standard InChI is InChI=1S/C12H28N2O2S/c1-5-9-14(6-2)10-7-13-8-11-17(15,16)12(3)4/h12-13H,5-11H2,1-4H3. The van der Waals surface area contributed by atoms with Gasteiger partial charge in [0.2, 0.25) is 0 Å². The topological polar surface area (TPSA) is 49.4 Å². The van der Waals surface area contributed by atoms with E-state index in [1.807, 2.05) is 0 Å². The van der Waals surface area contributed by atoms with Gasteiger partial charge < -0.3 is 10.2 Å². The number of nitrogens with zero attached hydrogens (tertiary/aromatic N) is 1. The molecule has 0 amide bonds. The maximum absolute atomic E-state index is 11.5. The molecule has 0 saturated heterocycles. The van der Waals surface area contributed by atoms with Crippen LogP contribution in [0.2, 0.25) is 0 Å². The molecule has 1 N–H and O–H groups in total. The van der Waals surface area contributed by atoms with Crippen molar-refractivity contribution >= 4 is 9.84 Å². The SMILES string of the molecule is CCCN(CC)CCNCCS(=O)(=O)C(C)C. The van der Waals surface area contributed by atoms with Crippen LogP contribution in [0.25, 0.3) is 0 Å². The first-order valence-electron chi connectivity index (χ1n) is 6.58. The number of rotatable bonds is 10. The van der Waals surface area contributed by atoms with E-state index >= 15 is 0 Å². The van der Waals surface area contributed by atoms with Crippen molar-refractivity contribution in [1.82, 2.24) is 10.2 Å². The molecule has 0 spiro atoms. The summed E-state index contributed by atoms with van der Waals surface area (Å²) in [6.07, 6.45) is 1.16. The fraction of sp³-hybridized carbons (Fsp3) is 1.00. The van der Waals surface area contributed by atoms with Crippen LogP contribution in [0, 0.1) is 0 Å². The van der Waals surface area contributed by atoms with E-state index in [1.165, 1.54) is 0 Å². The fourth-order valence-corrected chi connectivity index (χ4v) is 2.46. The quantitative estimate of drug-likeness (QED) is 0.601. The largest absolute Gasteiger partial charge is 0.314 e. The number of likely N-dealkylation sites (N-methyl/N-ethyl adjacent to an activating group) is 1.